The first kappa shape index (κ1) is 20.0. The first-order valence-corrected chi connectivity index (χ1v) is 11.6. The number of carbonyl (C=O) groups excluding carboxylic acids is 2. The van der Waals surface area contributed by atoms with Crippen molar-refractivity contribution < 1.29 is 9.59 Å². The van der Waals surface area contributed by atoms with Crippen LogP contribution in [0.2, 0.25) is 0 Å². The van der Waals surface area contributed by atoms with Crippen molar-refractivity contribution in [2.75, 3.05) is 26.2 Å². The van der Waals surface area contributed by atoms with E-state index in [1.807, 2.05) is 51.6 Å². The number of thiophene rings is 1. The zero-order valence-corrected chi connectivity index (χ0v) is 18.2. The van der Waals surface area contributed by atoms with E-state index in [1.165, 1.54) is 5.56 Å². The monoisotopic (exact) mass is 431 g/mol. The molecule has 5 nitrogen and oxygen atoms in total. The van der Waals surface area contributed by atoms with E-state index < -0.39 is 0 Å². The SMILES string of the molecule is O=C(c1cccc2c1C(=O)N(Cc1cccs1)C2)N1CCN(Cc2ccccc2)CC1. The lowest BCUT2D eigenvalue weighted by Crippen LogP contribution is -2.48. The molecule has 3 aromatic rings. The van der Waals surface area contributed by atoms with Gasteiger partial charge in [-0.2, -0.15) is 0 Å². The molecule has 0 N–H and O–H groups in total. The number of amides is 2. The Morgan fingerprint density at radius 3 is 2.42 bits per heavy atom. The molecule has 6 heteroatoms. The summed E-state index contributed by atoms with van der Waals surface area (Å²) in [4.78, 5) is 33.7. The van der Waals surface area contributed by atoms with Crippen LogP contribution in [-0.4, -0.2) is 52.7 Å². The average Bonchev–Trinajstić information content (AvgIpc) is 3.43. The third-order valence-electron chi connectivity index (χ3n) is 6.08. The van der Waals surface area contributed by atoms with Crippen molar-refractivity contribution in [3.8, 4) is 0 Å². The topological polar surface area (TPSA) is 43.9 Å². The Labute approximate surface area is 186 Å². The van der Waals surface area contributed by atoms with E-state index in [9.17, 15) is 9.59 Å². The van der Waals surface area contributed by atoms with Crippen LogP contribution in [0.25, 0.3) is 0 Å². The van der Waals surface area contributed by atoms with E-state index in [2.05, 4.69) is 29.2 Å². The van der Waals surface area contributed by atoms with Gasteiger partial charge in [0.25, 0.3) is 11.8 Å². The highest BCUT2D eigenvalue weighted by atomic mass is 32.1. The second-order valence-corrected chi connectivity index (χ2v) is 9.17. The number of nitrogens with zero attached hydrogens (tertiary/aromatic N) is 3. The summed E-state index contributed by atoms with van der Waals surface area (Å²) in [6, 6.07) is 20.1. The summed E-state index contributed by atoms with van der Waals surface area (Å²) < 4.78 is 0. The molecule has 0 unspecified atom stereocenters. The van der Waals surface area contributed by atoms with Crippen molar-refractivity contribution in [1.82, 2.24) is 14.7 Å². The lowest BCUT2D eigenvalue weighted by atomic mass is 10.0. The molecule has 3 heterocycles. The van der Waals surface area contributed by atoms with Gasteiger partial charge in [0.2, 0.25) is 0 Å². The number of carbonyl (C=O) groups is 2. The van der Waals surface area contributed by atoms with Gasteiger partial charge in [0.1, 0.15) is 0 Å². The van der Waals surface area contributed by atoms with Crippen LogP contribution >= 0.6 is 11.3 Å². The third kappa shape index (κ3) is 4.13. The van der Waals surface area contributed by atoms with E-state index in [1.54, 1.807) is 11.3 Å². The molecule has 2 aromatic carbocycles. The molecule has 1 fully saturated rings. The quantitative estimate of drug-likeness (QED) is 0.616. The maximum Gasteiger partial charge on any atom is 0.255 e. The highest BCUT2D eigenvalue weighted by Crippen LogP contribution is 2.29. The highest BCUT2D eigenvalue weighted by molar-refractivity contribution is 7.09. The average molecular weight is 432 g/mol. The normalized spacial score (nSPS) is 16.6. The van der Waals surface area contributed by atoms with Gasteiger partial charge in [0, 0.05) is 44.1 Å². The summed E-state index contributed by atoms with van der Waals surface area (Å²) in [7, 11) is 0. The standard InChI is InChI=1S/C25H25N3O2S/c29-24(27-13-11-26(12-14-27)16-19-6-2-1-3-7-19)22-10-4-8-20-17-28(25(30)23(20)22)18-21-9-5-15-31-21/h1-10,15H,11-14,16-18H2. The van der Waals surface area contributed by atoms with Gasteiger partial charge in [-0.3, -0.25) is 14.5 Å². The Balaban J connectivity index is 1.26. The number of piperazine rings is 1. The van der Waals surface area contributed by atoms with E-state index in [0.29, 0.717) is 37.3 Å². The van der Waals surface area contributed by atoms with Crippen LogP contribution < -0.4 is 0 Å². The summed E-state index contributed by atoms with van der Waals surface area (Å²) in [6.45, 7) is 5.11. The Morgan fingerprint density at radius 2 is 1.68 bits per heavy atom. The molecule has 1 aromatic heterocycles. The number of benzene rings is 2. The highest BCUT2D eigenvalue weighted by Gasteiger charge is 2.33. The predicted molar refractivity (Wildman–Crippen MR) is 122 cm³/mol. The van der Waals surface area contributed by atoms with Gasteiger partial charge in [-0.1, -0.05) is 48.5 Å². The van der Waals surface area contributed by atoms with E-state index in [-0.39, 0.29) is 11.8 Å². The first-order chi connectivity index (χ1) is 15.2. The fourth-order valence-corrected chi connectivity index (χ4v) is 5.16. The van der Waals surface area contributed by atoms with Gasteiger partial charge < -0.3 is 9.80 Å². The molecule has 2 amide bonds. The molecule has 31 heavy (non-hydrogen) atoms. The molecule has 158 valence electrons. The molecular formula is C25H25N3O2S. The van der Waals surface area contributed by atoms with Crippen molar-refractivity contribution in [1.29, 1.82) is 0 Å². The molecule has 5 rings (SSSR count). The largest absolute Gasteiger partial charge is 0.336 e. The summed E-state index contributed by atoms with van der Waals surface area (Å²) in [6.07, 6.45) is 0. The molecule has 1 saturated heterocycles. The van der Waals surface area contributed by atoms with Crippen molar-refractivity contribution in [2.45, 2.75) is 19.6 Å². The zero-order chi connectivity index (χ0) is 21.2. The van der Waals surface area contributed by atoms with Crippen LogP contribution in [0, 0.1) is 0 Å². The minimum Gasteiger partial charge on any atom is -0.336 e. The Morgan fingerprint density at radius 1 is 0.871 bits per heavy atom. The van der Waals surface area contributed by atoms with Gasteiger partial charge >= 0.3 is 0 Å². The number of rotatable bonds is 5. The second kappa shape index (κ2) is 8.65. The molecule has 0 spiro atoms. The fourth-order valence-electron chi connectivity index (χ4n) is 4.44. The van der Waals surface area contributed by atoms with Crippen molar-refractivity contribution in [2.24, 2.45) is 0 Å². The second-order valence-electron chi connectivity index (χ2n) is 8.13. The van der Waals surface area contributed by atoms with Crippen LogP contribution in [0.15, 0.2) is 66.0 Å². The van der Waals surface area contributed by atoms with Crippen LogP contribution in [-0.2, 0) is 19.6 Å². The molecule has 2 aliphatic rings. The van der Waals surface area contributed by atoms with Gasteiger partial charge in [-0.25, -0.2) is 0 Å². The summed E-state index contributed by atoms with van der Waals surface area (Å²) in [5, 5.41) is 2.02. The maximum atomic E-state index is 13.3. The van der Waals surface area contributed by atoms with E-state index in [0.717, 1.165) is 30.1 Å². The molecule has 0 aliphatic carbocycles. The lowest BCUT2D eigenvalue weighted by Gasteiger charge is -2.35. The molecule has 2 aliphatic heterocycles. The van der Waals surface area contributed by atoms with E-state index >= 15 is 0 Å². The van der Waals surface area contributed by atoms with Crippen LogP contribution in [0.3, 0.4) is 0 Å². The molecule has 0 bridgehead atoms. The molecule has 0 atom stereocenters. The minimum atomic E-state index is -0.0323. The smallest absolute Gasteiger partial charge is 0.255 e. The summed E-state index contributed by atoms with van der Waals surface area (Å²) in [5.74, 6) is -0.0578. The fraction of sp³-hybridized carbons (Fsp3) is 0.280. The zero-order valence-electron chi connectivity index (χ0n) is 17.4. The van der Waals surface area contributed by atoms with Crippen LogP contribution in [0.4, 0.5) is 0 Å². The van der Waals surface area contributed by atoms with Crippen molar-refractivity contribution in [3.63, 3.8) is 0 Å². The van der Waals surface area contributed by atoms with E-state index in [4.69, 9.17) is 0 Å². The molecule has 0 saturated carbocycles. The summed E-state index contributed by atoms with van der Waals surface area (Å²) >= 11 is 1.65. The predicted octanol–water partition coefficient (Wildman–Crippen LogP) is 3.86. The Hall–Kier alpha value is -2.96. The van der Waals surface area contributed by atoms with Gasteiger partial charge in [-0.05, 0) is 28.6 Å². The Bertz CT molecular complexity index is 1070. The van der Waals surface area contributed by atoms with Gasteiger partial charge in [0.05, 0.1) is 17.7 Å². The lowest BCUT2D eigenvalue weighted by molar-refractivity contribution is 0.0621. The summed E-state index contributed by atoms with van der Waals surface area (Å²) in [5.41, 5.74) is 3.39. The number of fused-ring (bicyclic) bond motifs is 1. The number of hydrogen-bond acceptors (Lipinski definition) is 4. The van der Waals surface area contributed by atoms with Gasteiger partial charge in [-0.15, -0.1) is 11.3 Å². The first-order valence-electron chi connectivity index (χ1n) is 10.7. The third-order valence-corrected chi connectivity index (χ3v) is 6.94. The molecular weight excluding hydrogens is 406 g/mol. The van der Waals surface area contributed by atoms with Crippen molar-refractivity contribution in [3.05, 3.63) is 93.2 Å². The number of hydrogen-bond donors (Lipinski definition) is 0. The van der Waals surface area contributed by atoms with Crippen LogP contribution in [0.1, 0.15) is 36.7 Å². The minimum absolute atomic E-state index is 0.0254. The van der Waals surface area contributed by atoms with Crippen LogP contribution in [0.5, 0.6) is 0 Å². The van der Waals surface area contributed by atoms with Crippen molar-refractivity contribution >= 4 is 23.2 Å². The maximum absolute atomic E-state index is 13.3. The van der Waals surface area contributed by atoms with Gasteiger partial charge in [0.15, 0.2) is 0 Å². The Kier molecular flexibility index (Phi) is 5.57. The molecule has 0 radical (unpaired) electrons.